The molecule has 2 heterocycles. The SMILES string of the molecule is COCCCNC(=O)c1c(NC(=O)c2nn(CC(C)C)c(=O)c3ccccc23)sc2c1CCCC2. The molecule has 0 unspecified atom stereocenters. The predicted molar refractivity (Wildman–Crippen MR) is 139 cm³/mol. The second-order valence-electron chi connectivity index (χ2n) is 9.25. The molecule has 0 saturated carbocycles. The summed E-state index contributed by atoms with van der Waals surface area (Å²) in [5.74, 6) is -0.418. The molecule has 2 aromatic heterocycles. The maximum atomic E-state index is 13.5. The van der Waals surface area contributed by atoms with Gasteiger partial charge in [0.1, 0.15) is 5.00 Å². The molecule has 0 fully saturated rings. The van der Waals surface area contributed by atoms with Gasteiger partial charge < -0.3 is 15.4 Å². The Labute approximate surface area is 208 Å². The van der Waals surface area contributed by atoms with Crippen LogP contribution in [0.15, 0.2) is 29.1 Å². The minimum Gasteiger partial charge on any atom is -0.385 e. The number of amides is 2. The average Bonchev–Trinajstić information content (AvgIpc) is 3.21. The van der Waals surface area contributed by atoms with Crippen LogP contribution in [0.3, 0.4) is 0 Å². The lowest BCUT2D eigenvalue weighted by Crippen LogP contribution is -2.30. The number of nitrogens with one attached hydrogen (secondary N) is 2. The van der Waals surface area contributed by atoms with E-state index < -0.39 is 5.91 Å². The first-order valence-electron chi connectivity index (χ1n) is 12.1. The number of fused-ring (bicyclic) bond motifs is 2. The lowest BCUT2D eigenvalue weighted by atomic mass is 9.95. The first-order chi connectivity index (χ1) is 16.9. The molecule has 0 aliphatic heterocycles. The molecule has 3 aromatic rings. The van der Waals surface area contributed by atoms with E-state index in [0.29, 0.717) is 47.5 Å². The van der Waals surface area contributed by atoms with Gasteiger partial charge in [-0.3, -0.25) is 14.4 Å². The van der Waals surface area contributed by atoms with Gasteiger partial charge in [0.05, 0.1) is 10.9 Å². The van der Waals surface area contributed by atoms with Crippen molar-refractivity contribution in [3.05, 3.63) is 56.3 Å². The van der Waals surface area contributed by atoms with Crippen LogP contribution in [-0.4, -0.2) is 41.9 Å². The molecule has 1 aliphatic carbocycles. The van der Waals surface area contributed by atoms with Gasteiger partial charge in [-0.15, -0.1) is 11.3 Å². The third kappa shape index (κ3) is 5.46. The largest absolute Gasteiger partial charge is 0.385 e. The molecular formula is C26H32N4O4S. The summed E-state index contributed by atoms with van der Waals surface area (Å²) in [6.45, 7) is 5.47. The maximum absolute atomic E-state index is 13.5. The van der Waals surface area contributed by atoms with Crippen molar-refractivity contribution in [3.63, 3.8) is 0 Å². The predicted octanol–water partition coefficient (Wildman–Crippen LogP) is 4.01. The molecular weight excluding hydrogens is 464 g/mol. The zero-order valence-electron chi connectivity index (χ0n) is 20.5. The number of carbonyl (C=O) groups excluding carboxylic acids is 2. The number of anilines is 1. The van der Waals surface area contributed by atoms with Crippen LogP contribution in [0.1, 0.15) is 64.4 Å². The number of ether oxygens (including phenoxy) is 1. The zero-order valence-corrected chi connectivity index (χ0v) is 21.3. The van der Waals surface area contributed by atoms with Crippen LogP contribution >= 0.6 is 11.3 Å². The van der Waals surface area contributed by atoms with Crippen LogP contribution in [0.25, 0.3) is 10.8 Å². The third-order valence-corrected chi connectivity index (χ3v) is 7.26. The molecule has 0 saturated heterocycles. The number of carbonyl (C=O) groups is 2. The van der Waals surface area contributed by atoms with Crippen molar-refractivity contribution in [1.29, 1.82) is 0 Å². The van der Waals surface area contributed by atoms with Crippen molar-refractivity contribution in [1.82, 2.24) is 15.1 Å². The number of aryl methyl sites for hydroxylation is 1. The summed E-state index contributed by atoms with van der Waals surface area (Å²) in [5, 5.41) is 11.9. The topological polar surface area (TPSA) is 102 Å². The highest BCUT2D eigenvalue weighted by atomic mass is 32.1. The summed E-state index contributed by atoms with van der Waals surface area (Å²) in [6.07, 6.45) is 4.53. The van der Waals surface area contributed by atoms with E-state index in [1.165, 1.54) is 16.0 Å². The van der Waals surface area contributed by atoms with Gasteiger partial charge in [-0.2, -0.15) is 5.10 Å². The van der Waals surface area contributed by atoms with Gasteiger partial charge in [0, 0.05) is 37.1 Å². The molecule has 1 aliphatic rings. The second kappa shape index (κ2) is 11.1. The lowest BCUT2D eigenvalue weighted by molar-refractivity contribution is 0.0948. The van der Waals surface area contributed by atoms with Gasteiger partial charge in [0.15, 0.2) is 5.69 Å². The van der Waals surface area contributed by atoms with Crippen molar-refractivity contribution < 1.29 is 14.3 Å². The van der Waals surface area contributed by atoms with Crippen molar-refractivity contribution in [3.8, 4) is 0 Å². The molecule has 2 N–H and O–H groups in total. The number of rotatable bonds is 9. The van der Waals surface area contributed by atoms with Crippen LogP contribution in [0, 0.1) is 5.92 Å². The Morgan fingerprint density at radius 1 is 1.14 bits per heavy atom. The number of hydrogen-bond donors (Lipinski definition) is 2. The molecule has 0 atom stereocenters. The lowest BCUT2D eigenvalue weighted by Gasteiger charge is -2.14. The Kier molecular flexibility index (Phi) is 7.97. The number of benzene rings is 1. The van der Waals surface area contributed by atoms with Crippen LogP contribution in [-0.2, 0) is 24.1 Å². The van der Waals surface area contributed by atoms with Crippen LogP contribution in [0.5, 0.6) is 0 Å². The van der Waals surface area contributed by atoms with E-state index in [1.54, 1.807) is 31.4 Å². The number of thiophene rings is 1. The number of hydrogen-bond acceptors (Lipinski definition) is 6. The van der Waals surface area contributed by atoms with Gasteiger partial charge in [0.2, 0.25) is 0 Å². The highest BCUT2D eigenvalue weighted by Gasteiger charge is 2.27. The van der Waals surface area contributed by atoms with Gasteiger partial charge in [0.25, 0.3) is 17.4 Å². The highest BCUT2D eigenvalue weighted by molar-refractivity contribution is 7.17. The minimum atomic E-state index is -0.425. The quantitative estimate of drug-likeness (QED) is 0.436. The summed E-state index contributed by atoms with van der Waals surface area (Å²) in [5.41, 5.74) is 1.55. The van der Waals surface area contributed by atoms with Gasteiger partial charge in [-0.1, -0.05) is 32.0 Å². The minimum absolute atomic E-state index is 0.179. The second-order valence-corrected chi connectivity index (χ2v) is 10.4. The van der Waals surface area contributed by atoms with Crippen LogP contribution in [0.4, 0.5) is 5.00 Å². The number of aromatic nitrogens is 2. The Balaban J connectivity index is 1.70. The standard InChI is InChI=1S/C26H32N4O4S/c1-16(2)15-30-26(33)18-10-5-4-9-17(18)22(29-30)24(32)28-25-21(23(31)27-13-8-14-34-3)19-11-6-7-12-20(19)35-25/h4-5,9-10,16H,6-8,11-15H2,1-3H3,(H,27,31)(H,28,32). The van der Waals surface area contributed by atoms with Gasteiger partial charge in [-0.05, 0) is 49.7 Å². The summed E-state index contributed by atoms with van der Waals surface area (Å²) in [7, 11) is 1.63. The normalized spacial score (nSPS) is 13.1. The van der Waals surface area contributed by atoms with E-state index in [0.717, 1.165) is 36.1 Å². The van der Waals surface area contributed by atoms with Crippen LogP contribution in [0.2, 0.25) is 0 Å². The first kappa shape index (κ1) is 25.1. The Hall–Kier alpha value is -3.04. The Morgan fingerprint density at radius 3 is 2.63 bits per heavy atom. The summed E-state index contributed by atoms with van der Waals surface area (Å²) in [6, 6.07) is 7.02. The zero-order chi connectivity index (χ0) is 24.9. The van der Waals surface area contributed by atoms with Crippen molar-refractivity contribution in [2.75, 3.05) is 25.6 Å². The fourth-order valence-electron chi connectivity index (χ4n) is 4.44. The van der Waals surface area contributed by atoms with E-state index in [1.807, 2.05) is 13.8 Å². The van der Waals surface area contributed by atoms with Crippen molar-refractivity contribution in [2.24, 2.45) is 5.92 Å². The van der Waals surface area contributed by atoms with E-state index in [9.17, 15) is 14.4 Å². The van der Waals surface area contributed by atoms with E-state index in [-0.39, 0.29) is 23.1 Å². The Morgan fingerprint density at radius 2 is 1.89 bits per heavy atom. The average molecular weight is 497 g/mol. The summed E-state index contributed by atoms with van der Waals surface area (Å²) in [4.78, 5) is 40.8. The Bertz CT molecular complexity index is 1290. The number of methoxy groups -OCH3 is 1. The maximum Gasteiger partial charge on any atom is 0.277 e. The molecule has 186 valence electrons. The molecule has 0 spiro atoms. The van der Waals surface area contributed by atoms with Gasteiger partial charge >= 0.3 is 0 Å². The molecule has 1 aromatic carbocycles. The van der Waals surface area contributed by atoms with Crippen molar-refractivity contribution >= 4 is 38.9 Å². The van der Waals surface area contributed by atoms with E-state index in [2.05, 4.69) is 15.7 Å². The molecule has 4 rings (SSSR count). The highest BCUT2D eigenvalue weighted by Crippen LogP contribution is 2.38. The smallest absolute Gasteiger partial charge is 0.277 e. The molecule has 9 heteroatoms. The molecule has 0 radical (unpaired) electrons. The molecule has 2 amide bonds. The first-order valence-corrected chi connectivity index (χ1v) is 12.9. The monoisotopic (exact) mass is 496 g/mol. The fraction of sp³-hybridized carbons (Fsp3) is 0.462. The molecule has 35 heavy (non-hydrogen) atoms. The fourth-order valence-corrected chi connectivity index (χ4v) is 5.72. The molecule has 8 nitrogen and oxygen atoms in total. The summed E-state index contributed by atoms with van der Waals surface area (Å²) >= 11 is 1.47. The third-order valence-electron chi connectivity index (χ3n) is 6.06. The van der Waals surface area contributed by atoms with Gasteiger partial charge in [-0.25, -0.2) is 4.68 Å². The molecule has 0 bridgehead atoms. The summed E-state index contributed by atoms with van der Waals surface area (Å²) < 4.78 is 6.44. The van der Waals surface area contributed by atoms with E-state index >= 15 is 0 Å². The van der Waals surface area contributed by atoms with Crippen LogP contribution < -0.4 is 16.2 Å². The number of nitrogens with zero attached hydrogens (tertiary/aromatic N) is 2. The van der Waals surface area contributed by atoms with E-state index in [4.69, 9.17) is 4.74 Å². The van der Waals surface area contributed by atoms with Crippen molar-refractivity contribution in [2.45, 2.75) is 52.5 Å².